The minimum absolute atomic E-state index is 1.13. The zero-order chi connectivity index (χ0) is 29.7. The maximum absolute atomic E-state index is 2.40. The van der Waals surface area contributed by atoms with Gasteiger partial charge in [-0.05, 0) is 107 Å². The van der Waals surface area contributed by atoms with E-state index in [0.717, 1.165) is 17.1 Å². The van der Waals surface area contributed by atoms with Crippen LogP contribution in [0.3, 0.4) is 0 Å². The molecule has 0 radical (unpaired) electrons. The van der Waals surface area contributed by atoms with Crippen molar-refractivity contribution in [3.8, 4) is 11.1 Å². The van der Waals surface area contributed by atoms with Gasteiger partial charge in [-0.3, -0.25) is 0 Å². The molecule has 0 N–H and O–H groups in total. The Bertz CT molecular complexity index is 2440. The summed E-state index contributed by atoms with van der Waals surface area (Å²) in [7, 11) is 0. The average molecular weight is 572 g/mol. The van der Waals surface area contributed by atoms with Gasteiger partial charge in [0, 0.05) is 17.1 Å². The molecule has 1 nitrogen and oxygen atoms in total. The SMILES string of the molecule is c1cc(-c2ccc3ccccc3c2)cc(N(c2ccc3c(ccc4ccccc43)c2)c2ccc3c(ccc4ccccc43)c2)c1. The lowest BCUT2D eigenvalue weighted by molar-refractivity contribution is 1.29. The van der Waals surface area contributed by atoms with Gasteiger partial charge in [-0.25, -0.2) is 0 Å². The van der Waals surface area contributed by atoms with E-state index in [0.29, 0.717) is 0 Å². The minimum Gasteiger partial charge on any atom is -0.310 e. The van der Waals surface area contributed by atoms with Gasteiger partial charge in [-0.15, -0.1) is 0 Å². The molecule has 0 aliphatic carbocycles. The first-order valence-electron chi connectivity index (χ1n) is 15.5. The fraction of sp³-hybridized carbons (Fsp3) is 0. The first kappa shape index (κ1) is 25.6. The fourth-order valence-corrected chi connectivity index (χ4v) is 6.92. The van der Waals surface area contributed by atoms with Gasteiger partial charge in [-0.2, -0.15) is 0 Å². The Morgan fingerprint density at radius 2 is 0.711 bits per heavy atom. The van der Waals surface area contributed by atoms with E-state index in [9.17, 15) is 0 Å². The van der Waals surface area contributed by atoms with Crippen molar-refractivity contribution in [2.75, 3.05) is 4.90 Å². The zero-order valence-corrected chi connectivity index (χ0v) is 24.7. The second kappa shape index (κ2) is 10.4. The molecule has 9 rings (SSSR count). The normalized spacial score (nSPS) is 11.6. The summed E-state index contributed by atoms with van der Waals surface area (Å²) in [5.74, 6) is 0. The molecule has 1 heteroatoms. The van der Waals surface area contributed by atoms with Gasteiger partial charge in [0.05, 0.1) is 0 Å². The van der Waals surface area contributed by atoms with Crippen LogP contribution in [0.2, 0.25) is 0 Å². The topological polar surface area (TPSA) is 3.24 Å². The van der Waals surface area contributed by atoms with Crippen LogP contribution < -0.4 is 4.90 Å². The number of benzene rings is 9. The molecule has 0 saturated heterocycles. The standard InChI is InChI=1S/C44H29N/c1-2-11-33-26-35(19-16-30(33)8-1)34-12-7-13-38(27-34)45(39-22-24-43-36(28-39)20-17-31-9-3-5-14-41(31)43)40-23-25-44-37(29-40)21-18-32-10-4-6-15-42(32)44/h1-29H. The molecule has 0 spiro atoms. The third kappa shape index (κ3) is 4.41. The molecule has 9 aromatic rings. The number of anilines is 3. The van der Waals surface area contributed by atoms with E-state index in [4.69, 9.17) is 0 Å². The maximum atomic E-state index is 2.40. The Labute approximate surface area is 262 Å². The largest absolute Gasteiger partial charge is 0.310 e. The minimum atomic E-state index is 1.13. The lowest BCUT2D eigenvalue weighted by Gasteiger charge is -2.27. The van der Waals surface area contributed by atoms with Crippen molar-refractivity contribution in [1.82, 2.24) is 0 Å². The molecule has 0 aliphatic rings. The van der Waals surface area contributed by atoms with Gasteiger partial charge in [0.2, 0.25) is 0 Å². The summed E-state index contributed by atoms with van der Waals surface area (Å²) in [4.78, 5) is 2.40. The van der Waals surface area contributed by atoms with Gasteiger partial charge >= 0.3 is 0 Å². The molecule has 0 bridgehead atoms. The smallest absolute Gasteiger partial charge is 0.0468 e. The van der Waals surface area contributed by atoms with Crippen molar-refractivity contribution >= 4 is 70.9 Å². The Kier molecular flexibility index (Phi) is 5.89. The summed E-state index contributed by atoms with van der Waals surface area (Å²) in [6.45, 7) is 0. The predicted octanol–water partition coefficient (Wildman–Crippen LogP) is 12.6. The number of hydrogen-bond donors (Lipinski definition) is 0. The van der Waals surface area contributed by atoms with Crippen LogP contribution in [0.25, 0.3) is 65.0 Å². The monoisotopic (exact) mass is 571 g/mol. The van der Waals surface area contributed by atoms with Crippen LogP contribution in [0, 0.1) is 0 Å². The summed E-state index contributed by atoms with van der Waals surface area (Å²) < 4.78 is 0. The van der Waals surface area contributed by atoms with E-state index in [2.05, 4.69) is 181 Å². The molecule has 0 heterocycles. The fourth-order valence-electron chi connectivity index (χ4n) is 6.92. The van der Waals surface area contributed by atoms with Crippen LogP contribution in [0.4, 0.5) is 17.1 Å². The molecular formula is C44H29N. The molecule has 0 saturated carbocycles. The second-order valence-corrected chi connectivity index (χ2v) is 11.8. The van der Waals surface area contributed by atoms with Gasteiger partial charge in [0.25, 0.3) is 0 Å². The van der Waals surface area contributed by atoms with Gasteiger partial charge in [0.1, 0.15) is 0 Å². The predicted molar refractivity (Wildman–Crippen MR) is 194 cm³/mol. The maximum Gasteiger partial charge on any atom is 0.0468 e. The van der Waals surface area contributed by atoms with Crippen molar-refractivity contribution in [1.29, 1.82) is 0 Å². The van der Waals surface area contributed by atoms with E-state index in [1.165, 1.54) is 65.0 Å². The second-order valence-electron chi connectivity index (χ2n) is 11.8. The first-order valence-corrected chi connectivity index (χ1v) is 15.5. The Morgan fingerprint density at radius 3 is 1.36 bits per heavy atom. The third-order valence-electron chi connectivity index (χ3n) is 9.16. The van der Waals surface area contributed by atoms with E-state index >= 15 is 0 Å². The average Bonchev–Trinajstić information content (AvgIpc) is 3.11. The highest BCUT2D eigenvalue weighted by Crippen LogP contribution is 2.40. The van der Waals surface area contributed by atoms with Gasteiger partial charge in [-0.1, -0.05) is 133 Å². The molecule has 0 atom stereocenters. The van der Waals surface area contributed by atoms with E-state index in [1.807, 2.05) is 0 Å². The highest BCUT2D eigenvalue weighted by molar-refractivity contribution is 6.10. The van der Waals surface area contributed by atoms with Crippen LogP contribution in [0.5, 0.6) is 0 Å². The van der Waals surface area contributed by atoms with Gasteiger partial charge in [0.15, 0.2) is 0 Å². The molecule has 210 valence electrons. The van der Waals surface area contributed by atoms with Crippen LogP contribution in [-0.4, -0.2) is 0 Å². The van der Waals surface area contributed by atoms with Crippen LogP contribution >= 0.6 is 0 Å². The molecule has 9 aromatic carbocycles. The van der Waals surface area contributed by atoms with E-state index < -0.39 is 0 Å². The zero-order valence-electron chi connectivity index (χ0n) is 24.7. The van der Waals surface area contributed by atoms with Crippen molar-refractivity contribution < 1.29 is 0 Å². The van der Waals surface area contributed by atoms with Crippen LogP contribution in [0.15, 0.2) is 176 Å². The quantitative estimate of drug-likeness (QED) is 0.190. The Hall–Kier alpha value is -5.92. The number of rotatable bonds is 4. The van der Waals surface area contributed by atoms with Crippen LogP contribution in [-0.2, 0) is 0 Å². The Balaban J connectivity index is 1.24. The molecule has 45 heavy (non-hydrogen) atoms. The summed E-state index contributed by atoms with van der Waals surface area (Å²) in [6.07, 6.45) is 0. The summed E-state index contributed by atoms with van der Waals surface area (Å²) in [5.41, 5.74) is 5.80. The number of fused-ring (bicyclic) bond motifs is 7. The number of nitrogens with zero attached hydrogens (tertiary/aromatic N) is 1. The highest BCUT2D eigenvalue weighted by atomic mass is 15.1. The van der Waals surface area contributed by atoms with Gasteiger partial charge < -0.3 is 4.90 Å². The molecular weight excluding hydrogens is 542 g/mol. The van der Waals surface area contributed by atoms with Crippen molar-refractivity contribution in [3.63, 3.8) is 0 Å². The van der Waals surface area contributed by atoms with Crippen LogP contribution in [0.1, 0.15) is 0 Å². The molecule has 0 unspecified atom stereocenters. The number of hydrogen-bond acceptors (Lipinski definition) is 1. The van der Waals surface area contributed by atoms with Crippen molar-refractivity contribution in [3.05, 3.63) is 176 Å². The molecule has 0 amide bonds. The molecule has 0 aromatic heterocycles. The molecule has 0 aliphatic heterocycles. The van der Waals surface area contributed by atoms with Crippen molar-refractivity contribution in [2.45, 2.75) is 0 Å². The lowest BCUT2D eigenvalue weighted by Crippen LogP contribution is -2.10. The lowest BCUT2D eigenvalue weighted by atomic mass is 9.99. The molecule has 0 fully saturated rings. The summed E-state index contributed by atoms with van der Waals surface area (Å²) in [5, 5.41) is 12.6. The Morgan fingerprint density at radius 1 is 0.244 bits per heavy atom. The summed E-state index contributed by atoms with van der Waals surface area (Å²) in [6, 6.07) is 64.2. The highest BCUT2D eigenvalue weighted by Gasteiger charge is 2.16. The van der Waals surface area contributed by atoms with E-state index in [1.54, 1.807) is 0 Å². The van der Waals surface area contributed by atoms with Crippen molar-refractivity contribution in [2.24, 2.45) is 0 Å². The van der Waals surface area contributed by atoms with E-state index in [-0.39, 0.29) is 0 Å². The summed E-state index contributed by atoms with van der Waals surface area (Å²) >= 11 is 0. The third-order valence-corrected chi connectivity index (χ3v) is 9.16. The first-order chi connectivity index (χ1) is 22.3.